The first-order valence-electron chi connectivity index (χ1n) is 5.59. The average molecular weight is 301 g/mol. The summed E-state index contributed by atoms with van der Waals surface area (Å²) in [5.74, 6) is -1.58. The van der Waals surface area contributed by atoms with Crippen molar-refractivity contribution in [3.05, 3.63) is 29.3 Å². The van der Waals surface area contributed by atoms with Crippen molar-refractivity contribution >= 4 is 27.7 Å². The van der Waals surface area contributed by atoms with Gasteiger partial charge in [-0.1, -0.05) is 12.1 Å². The molecule has 0 bridgehead atoms. The van der Waals surface area contributed by atoms with E-state index in [-0.39, 0.29) is 17.8 Å². The Hall–Kier alpha value is -2.13. The highest BCUT2D eigenvalue weighted by Crippen LogP contribution is 2.20. The molecule has 0 spiro atoms. The molecule has 20 heavy (non-hydrogen) atoms. The Bertz CT molecular complexity index is 627. The van der Waals surface area contributed by atoms with Crippen molar-refractivity contribution in [2.45, 2.75) is 6.92 Å². The third kappa shape index (κ3) is 4.86. The Morgan fingerprint density at radius 2 is 2.00 bits per heavy atom. The molecule has 0 aromatic heterocycles. The van der Waals surface area contributed by atoms with Crippen molar-refractivity contribution in [1.29, 1.82) is 0 Å². The standard InChI is InChI=1S/C11H15N3O5S/c1-7-3-2-4-8(10(15)16)9(7)14-11(17)13-5-6-20(12,18)19/h2-4H,5-6H2,1H3,(H,15,16)(H2,12,18,19)(H2,13,14,17). The molecule has 1 aromatic carbocycles. The molecule has 0 atom stereocenters. The number of carboxylic acid groups (broad SMARTS) is 1. The largest absolute Gasteiger partial charge is 0.478 e. The van der Waals surface area contributed by atoms with E-state index in [9.17, 15) is 18.0 Å². The van der Waals surface area contributed by atoms with Crippen molar-refractivity contribution in [2.24, 2.45) is 5.14 Å². The fourth-order valence-electron chi connectivity index (χ4n) is 1.48. The Morgan fingerprint density at radius 1 is 1.35 bits per heavy atom. The van der Waals surface area contributed by atoms with Crippen LogP contribution in [0.5, 0.6) is 0 Å². The van der Waals surface area contributed by atoms with Crippen molar-refractivity contribution in [2.75, 3.05) is 17.6 Å². The number of aromatic carboxylic acids is 1. The van der Waals surface area contributed by atoms with Crippen LogP contribution in [0, 0.1) is 6.92 Å². The number of amides is 2. The normalized spacial score (nSPS) is 10.9. The van der Waals surface area contributed by atoms with Gasteiger partial charge in [0.25, 0.3) is 0 Å². The van der Waals surface area contributed by atoms with Crippen LogP contribution in [0.1, 0.15) is 15.9 Å². The molecule has 0 heterocycles. The number of anilines is 1. The quantitative estimate of drug-likeness (QED) is 0.611. The molecule has 1 rings (SSSR count). The summed E-state index contributed by atoms with van der Waals surface area (Å²) in [6.45, 7) is 1.48. The van der Waals surface area contributed by atoms with Gasteiger partial charge in [-0.05, 0) is 18.6 Å². The second-order valence-electron chi connectivity index (χ2n) is 4.05. The van der Waals surface area contributed by atoms with Crippen LogP contribution in [-0.4, -0.2) is 37.8 Å². The minimum atomic E-state index is -3.66. The van der Waals surface area contributed by atoms with E-state index >= 15 is 0 Å². The fourth-order valence-corrected chi connectivity index (χ4v) is 1.86. The van der Waals surface area contributed by atoms with E-state index < -0.39 is 27.8 Å². The zero-order valence-electron chi connectivity index (χ0n) is 10.7. The maximum atomic E-state index is 11.6. The summed E-state index contributed by atoms with van der Waals surface area (Å²) in [5.41, 5.74) is 0.686. The summed E-state index contributed by atoms with van der Waals surface area (Å²) in [5, 5.41) is 18.5. The summed E-state index contributed by atoms with van der Waals surface area (Å²) < 4.78 is 21.4. The lowest BCUT2D eigenvalue weighted by Crippen LogP contribution is -2.34. The highest BCUT2D eigenvalue weighted by Gasteiger charge is 2.14. The third-order valence-electron chi connectivity index (χ3n) is 2.41. The molecule has 0 aliphatic heterocycles. The highest BCUT2D eigenvalue weighted by molar-refractivity contribution is 7.89. The average Bonchev–Trinajstić information content (AvgIpc) is 2.29. The highest BCUT2D eigenvalue weighted by atomic mass is 32.2. The lowest BCUT2D eigenvalue weighted by molar-refractivity contribution is 0.0698. The summed E-state index contributed by atoms with van der Waals surface area (Å²) >= 11 is 0. The SMILES string of the molecule is Cc1cccc(C(=O)O)c1NC(=O)NCCS(N)(=O)=O. The molecule has 0 radical (unpaired) electrons. The Kier molecular flexibility index (Phi) is 5.06. The van der Waals surface area contributed by atoms with Crippen molar-refractivity contribution in [3.8, 4) is 0 Å². The second kappa shape index (κ2) is 6.35. The maximum Gasteiger partial charge on any atom is 0.337 e. The van der Waals surface area contributed by atoms with Gasteiger partial charge in [-0.25, -0.2) is 23.1 Å². The van der Waals surface area contributed by atoms with Gasteiger partial charge < -0.3 is 15.7 Å². The number of carbonyl (C=O) groups is 2. The molecule has 1 aromatic rings. The van der Waals surface area contributed by atoms with Crippen LogP contribution in [0.2, 0.25) is 0 Å². The molecule has 0 saturated heterocycles. The third-order valence-corrected chi connectivity index (χ3v) is 3.19. The van der Waals surface area contributed by atoms with Crippen LogP contribution in [0.3, 0.4) is 0 Å². The summed E-state index contributed by atoms with van der Waals surface area (Å²) in [6.07, 6.45) is 0. The molecule has 0 aliphatic rings. The van der Waals surface area contributed by atoms with E-state index in [1.54, 1.807) is 19.1 Å². The monoisotopic (exact) mass is 301 g/mol. The number of rotatable bonds is 5. The number of hydrogen-bond donors (Lipinski definition) is 4. The minimum Gasteiger partial charge on any atom is -0.478 e. The predicted octanol–water partition coefficient (Wildman–Crippen LogP) is 0.103. The lowest BCUT2D eigenvalue weighted by Gasteiger charge is -2.12. The van der Waals surface area contributed by atoms with Gasteiger partial charge in [0, 0.05) is 6.54 Å². The Labute approximate surface area is 116 Å². The molecule has 0 saturated carbocycles. The molecule has 2 amide bonds. The van der Waals surface area contributed by atoms with Gasteiger partial charge >= 0.3 is 12.0 Å². The van der Waals surface area contributed by atoms with E-state index in [1.165, 1.54) is 6.07 Å². The number of urea groups is 1. The first-order valence-corrected chi connectivity index (χ1v) is 7.30. The van der Waals surface area contributed by atoms with Crippen LogP contribution in [0.15, 0.2) is 18.2 Å². The van der Waals surface area contributed by atoms with E-state index in [0.717, 1.165) is 0 Å². The smallest absolute Gasteiger partial charge is 0.337 e. The van der Waals surface area contributed by atoms with Gasteiger partial charge in [-0.2, -0.15) is 0 Å². The van der Waals surface area contributed by atoms with Gasteiger partial charge in [0.1, 0.15) is 0 Å². The minimum absolute atomic E-state index is 0.0494. The van der Waals surface area contributed by atoms with Crippen molar-refractivity contribution in [1.82, 2.24) is 5.32 Å². The van der Waals surface area contributed by atoms with Crippen LogP contribution in [0.4, 0.5) is 10.5 Å². The van der Waals surface area contributed by atoms with E-state index in [0.29, 0.717) is 5.56 Å². The molecule has 5 N–H and O–H groups in total. The zero-order valence-corrected chi connectivity index (χ0v) is 11.5. The number of carbonyl (C=O) groups excluding carboxylic acids is 1. The zero-order chi connectivity index (χ0) is 15.3. The van der Waals surface area contributed by atoms with Crippen LogP contribution in [0.25, 0.3) is 0 Å². The summed E-state index contributed by atoms with van der Waals surface area (Å²) in [4.78, 5) is 22.6. The summed E-state index contributed by atoms with van der Waals surface area (Å²) in [6, 6.07) is 3.86. The Balaban J connectivity index is 2.74. The van der Waals surface area contributed by atoms with E-state index in [2.05, 4.69) is 10.6 Å². The van der Waals surface area contributed by atoms with Gasteiger partial charge in [0.05, 0.1) is 17.0 Å². The molecule has 9 heteroatoms. The number of carboxylic acids is 1. The fraction of sp³-hybridized carbons (Fsp3) is 0.273. The van der Waals surface area contributed by atoms with Crippen LogP contribution in [-0.2, 0) is 10.0 Å². The van der Waals surface area contributed by atoms with Crippen LogP contribution < -0.4 is 15.8 Å². The topological polar surface area (TPSA) is 139 Å². The van der Waals surface area contributed by atoms with Gasteiger partial charge in [0.15, 0.2) is 0 Å². The second-order valence-corrected chi connectivity index (χ2v) is 5.78. The molecule has 0 fully saturated rings. The van der Waals surface area contributed by atoms with Crippen LogP contribution >= 0.6 is 0 Å². The van der Waals surface area contributed by atoms with Crippen molar-refractivity contribution in [3.63, 3.8) is 0 Å². The number of primary sulfonamides is 1. The van der Waals surface area contributed by atoms with E-state index in [4.69, 9.17) is 10.2 Å². The maximum absolute atomic E-state index is 11.6. The molecular weight excluding hydrogens is 286 g/mol. The first kappa shape index (κ1) is 15.9. The number of aryl methyl sites for hydroxylation is 1. The Morgan fingerprint density at radius 3 is 2.55 bits per heavy atom. The number of nitrogens with two attached hydrogens (primary N) is 1. The van der Waals surface area contributed by atoms with E-state index in [1.807, 2.05) is 0 Å². The predicted molar refractivity (Wildman–Crippen MR) is 73.1 cm³/mol. The number of sulfonamides is 1. The van der Waals surface area contributed by atoms with Gasteiger partial charge in [-0.15, -0.1) is 0 Å². The molecule has 8 nitrogen and oxygen atoms in total. The molecule has 0 unspecified atom stereocenters. The number of nitrogens with one attached hydrogen (secondary N) is 2. The summed E-state index contributed by atoms with van der Waals surface area (Å²) in [7, 11) is -3.66. The lowest BCUT2D eigenvalue weighted by atomic mass is 10.1. The molecule has 110 valence electrons. The van der Waals surface area contributed by atoms with Gasteiger partial charge in [0.2, 0.25) is 10.0 Å². The number of hydrogen-bond acceptors (Lipinski definition) is 4. The van der Waals surface area contributed by atoms with Crippen molar-refractivity contribution < 1.29 is 23.1 Å². The number of benzene rings is 1. The van der Waals surface area contributed by atoms with Gasteiger partial charge in [-0.3, -0.25) is 0 Å². The number of para-hydroxylation sites is 1. The molecule has 0 aliphatic carbocycles. The first-order chi connectivity index (χ1) is 9.20. The molecular formula is C11H15N3O5S.